The molecule has 0 bridgehead atoms. The standard InChI is InChI=1S/C14H21N3O2/c1-10(15-3)8-17-14(19)13-6-4-12(5-7-13)9-16-11(2)18/h4-7,10,15H,8-9H2,1-3H3,(H,16,18)(H,17,19). The van der Waals surface area contributed by atoms with Crippen LogP contribution in [0.5, 0.6) is 0 Å². The average Bonchev–Trinajstić information content (AvgIpc) is 2.42. The fourth-order valence-electron chi connectivity index (χ4n) is 1.45. The van der Waals surface area contributed by atoms with Gasteiger partial charge in [0.05, 0.1) is 0 Å². The van der Waals surface area contributed by atoms with Gasteiger partial charge in [-0.1, -0.05) is 12.1 Å². The molecule has 0 aliphatic rings. The van der Waals surface area contributed by atoms with Crippen molar-refractivity contribution in [2.75, 3.05) is 13.6 Å². The summed E-state index contributed by atoms with van der Waals surface area (Å²) in [6.07, 6.45) is 0. The number of benzene rings is 1. The number of hydrogen-bond donors (Lipinski definition) is 3. The summed E-state index contributed by atoms with van der Waals surface area (Å²) in [6.45, 7) is 4.54. The summed E-state index contributed by atoms with van der Waals surface area (Å²) in [5.41, 5.74) is 1.59. The van der Waals surface area contributed by atoms with Gasteiger partial charge in [-0.3, -0.25) is 9.59 Å². The van der Waals surface area contributed by atoms with Gasteiger partial charge >= 0.3 is 0 Å². The van der Waals surface area contributed by atoms with E-state index in [9.17, 15) is 9.59 Å². The number of carbonyl (C=O) groups excluding carboxylic acids is 2. The van der Waals surface area contributed by atoms with E-state index in [2.05, 4.69) is 16.0 Å². The fourth-order valence-corrected chi connectivity index (χ4v) is 1.45. The Morgan fingerprint density at radius 1 is 1.16 bits per heavy atom. The second-order valence-electron chi connectivity index (χ2n) is 4.51. The van der Waals surface area contributed by atoms with Crippen molar-refractivity contribution in [3.8, 4) is 0 Å². The van der Waals surface area contributed by atoms with Crippen molar-refractivity contribution < 1.29 is 9.59 Å². The first-order valence-corrected chi connectivity index (χ1v) is 6.31. The Kier molecular flexibility index (Phi) is 6.02. The zero-order chi connectivity index (χ0) is 14.3. The minimum Gasteiger partial charge on any atom is -0.352 e. The van der Waals surface area contributed by atoms with Crippen molar-refractivity contribution in [2.45, 2.75) is 26.4 Å². The smallest absolute Gasteiger partial charge is 0.251 e. The van der Waals surface area contributed by atoms with Gasteiger partial charge in [-0.25, -0.2) is 0 Å². The van der Waals surface area contributed by atoms with Gasteiger partial charge in [-0.2, -0.15) is 0 Å². The fraction of sp³-hybridized carbons (Fsp3) is 0.429. The Morgan fingerprint density at radius 3 is 2.32 bits per heavy atom. The lowest BCUT2D eigenvalue weighted by Crippen LogP contribution is -2.37. The molecule has 1 atom stereocenters. The van der Waals surface area contributed by atoms with Crippen molar-refractivity contribution in [1.29, 1.82) is 0 Å². The monoisotopic (exact) mass is 263 g/mol. The lowest BCUT2D eigenvalue weighted by atomic mass is 10.1. The van der Waals surface area contributed by atoms with Crippen LogP contribution in [0.25, 0.3) is 0 Å². The predicted molar refractivity (Wildman–Crippen MR) is 74.8 cm³/mol. The highest BCUT2D eigenvalue weighted by atomic mass is 16.2. The summed E-state index contributed by atoms with van der Waals surface area (Å²) in [5, 5.41) is 8.61. The highest BCUT2D eigenvalue weighted by Gasteiger charge is 2.06. The summed E-state index contributed by atoms with van der Waals surface area (Å²) < 4.78 is 0. The molecule has 19 heavy (non-hydrogen) atoms. The largest absolute Gasteiger partial charge is 0.352 e. The second kappa shape index (κ2) is 7.53. The van der Waals surface area contributed by atoms with Gasteiger partial charge in [0.2, 0.25) is 5.91 Å². The van der Waals surface area contributed by atoms with Gasteiger partial charge in [-0.05, 0) is 31.7 Å². The molecule has 1 rings (SSSR count). The molecule has 0 saturated carbocycles. The molecule has 104 valence electrons. The third kappa shape index (κ3) is 5.52. The van der Waals surface area contributed by atoms with Crippen LogP contribution in [-0.2, 0) is 11.3 Å². The predicted octanol–water partition coefficient (Wildman–Crippen LogP) is 0.660. The van der Waals surface area contributed by atoms with Crippen molar-refractivity contribution in [1.82, 2.24) is 16.0 Å². The van der Waals surface area contributed by atoms with Gasteiger partial charge in [0.1, 0.15) is 0 Å². The third-order valence-corrected chi connectivity index (χ3v) is 2.82. The molecule has 1 aromatic carbocycles. The Bertz CT molecular complexity index is 429. The van der Waals surface area contributed by atoms with E-state index in [1.54, 1.807) is 12.1 Å². The molecule has 0 spiro atoms. The second-order valence-corrected chi connectivity index (χ2v) is 4.51. The topological polar surface area (TPSA) is 70.2 Å². The van der Waals surface area contributed by atoms with Crippen molar-refractivity contribution in [3.05, 3.63) is 35.4 Å². The van der Waals surface area contributed by atoms with E-state index in [1.807, 2.05) is 26.1 Å². The number of likely N-dealkylation sites (N-methyl/N-ethyl adjacent to an activating group) is 1. The molecular weight excluding hydrogens is 242 g/mol. The Hall–Kier alpha value is -1.88. The number of carbonyl (C=O) groups is 2. The summed E-state index contributed by atoms with van der Waals surface area (Å²) >= 11 is 0. The molecule has 3 N–H and O–H groups in total. The van der Waals surface area contributed by atoms with E-state index in [1.165, 1.54) is 6.92 Å². The molecule has 0 fully saturated rings. The summed E-state index contributed by atoms with van der Waals surface area (Å²) in [7, 11) is 1.85. The van der Waals surface area contributed by atoms with Crippen molar-refractivity contribution in [2.24, 2.45) is 0 Å². The molecule has 0 aromatic heterocycles. The minimum atomic E-state index is -0.0897. The summed E-state index contributed by atoms with van der Waals surface area (Å²) in [6, 6.07) is 7.44. The van der Waals surface area contributed by atoms with Crippen LogP contribution >= 0.6 is 0 Å². The lowest BCUT2D eigenvalue weighted by Gasteiger charge is -2.11. The van der Waals surface area contributed by atoms with Crippen LogP contribution in [0.3, 0.4) is 0 Å². The third-order valence-electron chi connectivity index (χ3n) is 2.82. The van der Waals surface area contributed by atoms with E-state index in [0.717, 1.165) is 5.56 Å². The van der Waals surface area contributed by atoms with Crippen LogP contribution in [0.1, 0.15) is 29.8 Å². The van der Waals surface area contributed by atoms with Gasteiger partial charge in [0.15, 0.2) is 0 Å². The molecule has 2 amide bonds. The lowest BCUT2D eigenvalue weighted by molar-refractivity contribution is -0.119. The maximum absolute atomic E-state index is 11.8. The first-order valence-electron chi connectivity index (χ1n) is 6.31. The van der Waals surface area contributed by atoms with E-state index >= 15 is 0 Å². The zero-order valence-electron chi connectivity index (χ0n) is 11.6. The molecular formula is C14H21N3O2. The zero-order valence-corrected chi connectivity index (χ0v) is 11.6. The molecule has 0 aliphatic heterocycles. The molecule has 5 nitrogen and oxygen atoms in total. The number of rotatable bonds is 6. The van der Waals surface area contributed by atoms with Gasteiger partial charge in [0.25, 0.3) is 5.91 Å². The van der Waals surface area contributed by atoms with Crippen LogP contribution in [0.4, 0.5) is 0 Å². The first kappa shape index (κ1) is 15.2. The summed E-state index contributed by atoms with van der Waals surface area (Å²) in [5.74, 6) is -0.156. The molecule has 0 heterocycles. The van der Waals surface area contributed by atoms with Gasteiger partial charge < -0.3 is 16.0 Å². The summed E-state index contributed by atoms with van der Waals surface area (Å²) in [4.78, 5) is 22.6. The Balaban J connectivity index is 2.50. The molecule has 0 aliphatic carbocycles. The van der Waals surface area contributed by atoms with Crippen LogP contribution in [-0.4, -0.2) is 31.4 Å². The molecule has 0 saturated heterocycles. The highest BCUT2D eigenvalue weighted by molar-refractivity contribution is 5.94. The van der Waals surface area contributed by atoms with Crippen molar-refractivity contribution >= 4 is 11.8 Å². The number of nitrogens with one attached hydrogen (secondary N) is 3. The van der Waals surface area contributed by atoms with E-state index < -0.39 is 0 Å². The van der Waals surface area contributed by atoms with Gasteiger partial charge in [0, 0.05) is 31.6 Å². The molecule has 0 radical (unpaired) electrons. The van der Waals surface area contributed by atoms with E-state index in [0.29, 0.717) is 18.7 Å². The van der Waals surface area contributed by atoms with Crippen LogP contribution in [0, 0.1) is 0 Å². The minimum absolute atomic E-state index is 0.0668. The number of amides is 2. The quantitative estimate of drug-likeness (QED) is 0.706. The average molecular weight is 263 g/mol. The van der Waals surface area contributed by atoms with Crippen molar-refractivity contribution in [3.63, 3.8) is 0 Å². The Morgan fingerprint density at radius 2 is 1.79 bits per heavy atom. The van der Waals surface area contributed by atoms with Gasteiger partial charge in [-0.15, -0.1) is 0 Å². The molecule has 5 heteroatoms. The molecule has 1 aromatic rings. The normalized spacial score (nSPS) is 11.7. The van der Waals surface area contributed by atoms with Crippen LogP contribution < -0.4 is 16.0 Å². The first-order chi connectivity index (χ1) is 9.02. The van der Waals surface area contributed by atoms with E-state index in [4.69, 9.17) is 0 Å². The number of hydrogen-bond acceptors (Lipinski definition) is 3. The SMILES string of the molecule is CNC(C)CNC(=O)c1ccc(CNC(C)=O)cc1. The highest BCUT2D eigenvalue weighted by Crippen LogP contribution is 2.04. The maximum Gasteiger partial charge on any atom is 0.251 e. The van der Waals surface area contributed by atoms with Crippen LogP contribution in [0.15, 0.2) is 24.3 Å². The van der Waals surface area contributed by atoms with Crippen LogP contribution in [0.2, 0.25) is 0 Å². The molecule has 1 unspecified atom stereocenters. The van der Waals surface area contributed by atoms with E-state index in [-0.39, 0.29) is 17.9 Å². The maximum atomic E-state index is 11.8. The Labute approximate surface area is 113 Å².